The van der Waals surface area contributed by atoms with Gasteiger partial charge in [0.1, 0.15) is 16.9 Å². The maximum atomic E-state index is 14.5. The molecule has 1 saturated heterocycles. The van der Waals surface area contributed by atoms with E-state index in [1.54, 1.807) is 11.9 Å². The third kappa shape index (κ3) is 3.99. The molecular formula is C19H23BrF2N4O2. The van der Waals surface area contributed by atoms with E-state index in [2.05, 4.69) is 26.2 Å². The molecule has 0 atom stereocenters. The Bertz CT molecular complexity index is 909. The molecule has 1 N–H and O–H groups in total. The first-order valence-electron chi connectivity index (χ1n) is 8.99. The molecule has 0 spiro atoms. The molecule has 2 aromatic rings. The molecule has 6 nitrogen and oxygen atoms in total. The van der Waals surface area contributed by atoms with Crippen molar-refractivity contribution >= 4 is 44.3 Å². The van der Waals surface area contributed by atoms with Crippen LogP contribution >= 0.6 is 15.9 Å². The monoisotopic (exact) mass is 456 g/mol. The predicted octanol–water partition coefficient (Wildman–Crippen LogP) is 4.37. The Morgan fingerprint density at radius 2 is 1.89 bits per heavy atom. The smallest absolute Gasteiger partial charge is 0.410 e. The second-order valence-corrected chi connectivity index (χ2v) is 8.40. The maximum absolute atomic E-state index is 14.5. The Balaban J connectivity index is 1.91. The van der Waals surface area contributed by atoms with Crippen LogP contribution < -0.4 is 10.2 Å². The van der Waals surface area contributed by atoms with E-state index in [0.717, 1.165) is 0 Å². The zero-order valence-electron chi connectivity index (χ0n) is 16.3. The second-order valence-electron chi connectivity index (χ2n) is 7.61. The lowest BCUT2D eigenvalue weighted by molar-refractivity contribution is 0.0241. The van der Waals surface area contributed by atoms with Gasteiger partial charge in [-0.15, -0.1) is 0 Å². The fourth-order valence-electron chi connectivity index (χ4n) is 3.19. The summed E-state index contributed by atoms with van der Waals surface area (Å²) in [6, 6.07) is 1.28. The Morgan fingerprint density at radius 3 is 2.46 bits per heavy atom. The van der Waals surface area contributed by atoms with Gasteiger partial charge in [-0.25, -0.2) is 13.6 Å². The number of carbonyl (C=O) groups excluding carboxylic acids is 1. The van der Waals surface area contributed by atoms with Crippen LogP contribution in [-0.2, 0) is 4.74 Å². The van der Waals surface area contributed by atoms with E-state index in [0.29, 0.717) is 42.9 Å². The van der Waals surface area contributed by atoms with Crippen LogP contribution in [0.4, 0.5) is 25.0 Å². The van der Waals surface area contributed by atoms with Gasteiger partial charge in [-0.1, -0.05) is 0 Å². The Kier molecular flexibility index (Phi) is 5.65. The molecule has 1 aliphatic rings. The molecule has 0 bridgehead atoms. The highest BCUT2D eigenvalue weighted by atomic mass is 79.9. The lowest BCUT2D eigenvalue weighted by atomic mass is 10.1. The van der Waals surface area contributed by atoms with Crippen LogP contribution in [0.2, 0.25) is 0 Å². The van der Waals surface area contributed by atoms with Gasteiger partial charge < -0.3 is 19.9 Å². The van der Waals surface area contributed by atoms with E-state index < -0.39 is 17.2 Å². The van der Waals surface area contributed by atoms with E-state index in [4.69, 9.17) is 4.74 Å². The van der Waals surface area contributed by atoms with Gasteiger partial charge in [0.05, 0.1) is 22.0 Å². The van der Waals surface area contributed by atoms with Crippen LogP contribution in [0.15, 0.2) is 16.7 Å². The van der Waals surface area contributed by atoms with Crippen molar-refractivity contribution in [3.63, 3.8) is 0 Å². The molecule has 0 unspecified atom stereocenters. The number of halogens is 3. The zero-order chi connectivity index (χ0) is 20.6. The summed E-state index contributed by atoms with van der Waals surface area (Å²) in [5, 5.41) is 3.42. The van der Waals surface area contributed by atoms with Crippen LogP contribution in [0.3, 0.4) is 0 Å². The molecule has 28 heavy (non-hydrogen) atoms. The number of anilines is 2. The van der Waals surface area contributed by atoms with Gasteiger partial charge in [0.2, 0.25) is 0 Å². The number of fused-ring (bicyclic) bond motifs is 1. The standard InChI is InChI=1S/C19H23BrF2N4O2/c1-19(2,3)28-18(27)26-7-5-25(6-8-26)17-11-9-12(21)14(20)15(22)16(11)24-10-13(17)23-4/h9-10,23H,5-8H2,1-4H3. The largest absolute Gasteiger partial charge is 0.444 e. The summed E-state index contributed by atoms with van der Waals surface area (Å²) < 4.78 is 33.9. The van der Waals surface area contributed by atoms with Crippen LogP contribution in [-0.4, -0.2) is 54.8 Å². The number of amides is 1. The number of aromatic nitrogens is 1. The van der Waals surface area contributed by atoms with Gasteiger partial charge in [0.25, 0.3) is 0 Å². The first kappa shape index (κ1) is 20.6. The van der Waals surface area contributed by atoms with Gasteiger partial charge in [-0.2, -0.15) is 0 Å². The first-order chi connectivity index (χ1) is 13.1. The SMILES string of the molecule is CNc1cnc2c(F)c(Br)c(F)cc2c1N1CCN(C(=O)OC(C)(C)C)CC1. The maximum Gasteiger partial charge on any atom is 0.410 e. The van der Waals surface area contributed by atoms with Crippen molar-refractivity contribution in [1.82, 2.24) is 9.88 Å². The number of rotatable bonds is 2. The summed E-state index contributed by atoms with van der Waals surface area (Å²) >= 11 is 2.93. The van der Waals surface area contributed by atoms with Crippen LogP contribution in [0.25, 0.3) is 10.9 Å². The molecule has 0 aliphatic carbocycles. The van der Waals surface area contributed by atoms with Crippen molar-refractivity contribution < 1.29 is 18.3 Å². The molecule has 1 aromatic carbocycles. The van der Waals surface area contributed by atoms with E-state index in [9.17, 15) is 13.6 Å². The molecule has 0 radical (unpaired) electrons. The first-order valence-corrected chi connectivity index (χ1v) is 9.78. The van der Waals surface area contributed by atoms with Crippen molar-refractivity contribution in [2.75, 3.05) is 43.4 Å². The summed E-state index contributed by atoms with van der Waals surface area (Å²) in [5.41, 5.74) is 0.870. The number of hydrogen-bond donors (Lipinski definition) is 1. The second kappa shape index (κ2) is 7.69. The van der Waals surface area contributed by atoms with Crippen molar-refractivity contribution in [1.29, 1.82) is 0 Å². The van der Waals surface area contributed by atoms with Gasteiger partial charge >= 0.3 is 6.09 Å². The summed E-state index contributed by atoms with van der Waals surface area (Å²) in [6.45, 7) is 7.38. The number of nitrogens with one attached hydrogen (secondary N) is 1. The van der Waals surface area contributed by atoms with Gasteiger partial charge in [-0.3, -0.25) is 4.98 Å². The van der Waals surface area contributed by atoms with E-state index in [1.165, 1.54) is 12.3 Å². The van der Waals surface area contributed by atoms with Gasteiger partial charge in [0.15, 0.2) is 5.82 Å². The number of pyridine rings is 1. The predicted molar refractivity (Wildman–Crippen MR) is 109 cm³/mol. The third-order valence-corrected chi connectivity index (χ3v) is 5.21. The molecule has 1 fully saturated rings. The number of benzene rings is 1. The van der Waals surface area contributed by atoms with E-state index in [-0.39, 0.29) is 16.1 Å². The van der Waals surface area contributed by atoms with Crippen LogP contribution in [0.5, 0.6) is 0 Å². The Labute approximate surface area is 171 Å². The Morgan fingerprint density at radius 1 is 1.25 bits per heavy atom. The lowest BCUT2D eigenvalue weighted by Crippen LogP contribution is -2.50. The van der Waals surface area contributed by atoms with E-state index in [1.807, 2.05) is 25.7 Å². The highest BCUT2D eigenvalue weighted by Crippen LogP contribution is 2.37. The Hall–Kier alpha value is -2.16. The summed E-state index contributed by atoms with van der Waals surface area (Å²) in [7, 11) is 1.73. The third-order valence-electron chi connectivity index (χ3n) is 4.49. The summed E-state index contributed by atoms with van der Waals surface area (Å²) in [5.74, 6) is -1.42. The minimum atomic E-state index is -0.730. The highest BCUT2D eigenvalue weighted by molar-refractivity contribution is 9.10. The molecule has 1 aliphatic heterocycles. The summed E-state index contributed by atoms with van der Waals surface area (Å²) in [6.07, 6.45) is 1.17. The number of piperazine rings is 1. The lowest BCUT2D eigenvalue weighted by Gasteiger charge is -2.37. The molecular weight excluding hydrogens is 434 g/mol. The normalized spacial score (nSPS) is 15.1. The van der Waals surface area contributed by atoms with Gasteiger partial charge in [0, 0.05) is 38.6 Å². The fraction of sp³-hybridized carbons (Fsp3) is 0.474. The number of hydrogen-bond acceptors (Lipinski definition) is 5. The molecule has 152 valence electrons. The molecule has 2 heterocycles. The fourth-order valence-corrected chi connectivity index (χ4v) is 3.49. The molecule has 3 rings (SSSR count). The highest BCUT2D eigenvalue weighted by Gasteiger charge is 2.28. The molecule has 1 amide bonds. The van der Waals surface area contributed by atoms with Crippen molar-refractivity contribution in [3.05, 3.63) is 28.4 Å². The zero-order valence-corrected chi connectivity index (χ0v) is 17.9. The average Bonchev–Trinajstić information content (AvgIpc) is 2.64. The quantitative estimate of drug-likeness (QED) is 0.679. The minimum absolute atomic E-state index is 0.0943. The van der Waals surface area contributed by atoms with Gasteiger partial charge in [-0.05, 0) is 42.8 Å². The molecule has 9 heteroatoms. The number of nitrogens with zero attached hydrogens (tertiary/aromatic N) is 3. The van der Waals surface area contributed by atoms with E-state index >= 15 is 0 Å². The van der Waals surface area contributed by atoms with Crippen molar-refractivity contribution in [2.24, 2.45) is 0 Å². The summed E-state index contributed by atoms with van der Waals surface area (Å²) in [4.78, 5) is 20.1. The van der Waals surface area contributed by atoms with Crippen molar-refractivity contribution in [3.8, 4) is 0 Å². The number of carbonyl (C=O) groups is 1. The number of ether oxygens (including phenoxy) is 1. The average molecular weight is 457 g/mol. The van der Waals surface area contributed by atoms with Crippen LogP contribution in [0.1, 0.15) is 20.8 Å². The molecule has 1 aromatic heterocycles. The minimum Gasteiger partial charge on any atom is -0.444 e. The van der Waals surface area contributed by atoms with Crippen molar-refractivity contribution in [2.45, 2.75) is 26.4 Å². The molecule has 0 saturated carbocycles. The topological polar surface area (TPSA) is 57.7 Å². The van der Waals surface area contributed by atoms with Crippen LogP contribution in [0, 0.1) is 11.6 Å².